The van der Waals surface area contributed by atoms with Crippen LogP contribution in [-0.2, 0) is 19.5 Å². The Morgan fingerprint density at radius 3 is 2.50 bits per heavy atom. The molecule has 24 heavy (non-hydrogen) atoms. The van der Waals surface area contributed by atoms with Crippen LogP contribution < -0.4 is 17.0 Å². The molecular formula is C21H23ClN2. The molecule has 1 aliphatic rings. The van der Waals surface area contributed by atoms with Gasteiger partial charge in [0.1, 0.15) is 12.7 Å². The minimum Gasteiger partial charge on any atom is -1.00 e. The number of benzene rings is 2. The van der Waals surface area contributed by atoms with Gasteiger partial charge in [-0.2, -0.15) is 0 Å². The number of hydrogen-bond donors (Lipinski definition) is 0. The molecule has 0 bridgehead atoms. The number of imidazole rings is 1. The van der Waals surface area contributed by atoms with Crippen molar-refractivity contribution < 1.29 is 17.0 Å². The lowest BCUT2D eigenvalue weighted by Crippen LogP contribution is -3.00. The van der Waals surface area contributed by atoms with E-state index in [0.717, 1.165) is 13.1 Å². The molecule has 1 aliphatic heterocycles. The number of aromatic nitrogens is 2. The fraction of sp³-hybridized carbons (Fsp3) is 0.286. The maximum atomic E-state index is 2.50. The number of hydrogen-bond acceptors (Lipinski definition) is 0. The summed E-state index contributed by atoms with van der Waals surface area (Å²) in [5, 5.41) is 0. The SMILES string of the molecule is Cc1ccc(-c2c[n+](Cc3ccccc3C)c3n2CCC3)cc1.[Cl-]. The topological polar surface area (TPSA) is 8.81 Å². The average Bonchev–Trinajstić information content (AvgIpc) is 3.14. The third-order valence-corrected chi connectivity index (χ3v) is 4.94. The molecular weight excluding hydrogens is 316 g/mol. The van der Waals surface area contributed by atoms with E-state index in [0.29, 0.717) is 0 Å². The van der Waals surface area contributed by atoms with Gasteiger partial charge in [-0.05, 0) is 31.4 Å². The molecule has 0 aliphatic carbocycles. The predicted octanol–water partition coefficient (Wildman–Crippen LogP) is 1.06. The molecule has 4 rings (SSSR count). The maximum absolute atomic E-state index is 2.50. The van der Waals surface area contributed by atoms with Crippen LogP contribution in [0.4, 0.5) is 0 Å². The zero-order chi connectivity index (χ0) is 15.8. The van der Waals surface area contributed by atoms with Crippen LogP contribution in [0.15, 0.2) is 54.7 Å². The van der Waals surface area contributed by atoms with Crippen molar-refractivity contribution in [1.29, 1.82) is 0 Å². The summed E-state index contributed by atoms with van der Waals surface area (Å²) in [6.07, 6.45) is 4.77. The number of fused-ring (bicyclic) bond motifs is 1. The fourth-order valence-electron chi connectivity index (χ4n) is 3.57. The first-order chi connectivity index (χ1) is 11.2. The van der Waals surface area contributed by atoms with Crippen LogP contribution in [0.5, 0.6) is 0 Å². The van der Waals surface area contributed by atoms with Gasteiger partial charge in [-0.1, -0.05) is 54.1 Å². The Morgan fingerprint density at radius 1 is 1.00 bits per heavy atom. The Balaban J connectivity index is 0.00000169. The third kappa shape index (κ3) is 2.99. The van der Waals surface area contributed by atoms with Crippen LogP contribution in [-0.4, -0.2) is 4.57 Å². The fourth-order valence-corrected chi connectivity index (χ4v) is 3.57. The van der Waals surface area contributed by atoms with Gasteiger partial charge in [-0.3, -0.25) is 0 Å². The van der Waals surface area contributed by atoms with Gasteiger partial charge in [0.25, 0.3) is 5.82 Å². The highest BCUT2D eigenvalue weighted by molar-refractivity contribution is 5.59. The summed E-state index contributed by atoms with van der Waals surface area (Å²) in [7, 11) is 0. The molecule has 0 fully saturated rings. The van der Waals surface area contributed by atoms with Crippen molar-refractivity contribution >= 4 is 0 Å². The second-order valence-electron chi connectivity index (χ2n) is 6.61. The molecule has 0 saturated carbocycles. The molecule has 3 heteroatoms. The van der Waals surface area contributed by atoms with E-state index in [4.69, 9.17) is 0 Å². The lowest BCUT2D eigenvalue weighted by atomic mass is 10.1. The van der Waals surface area contributed by atoms with E-state index in [1.54, 1.807) is 0 Å². The van der Waals surface area contributed by atoms with E-state index in [1.165, 1.54) is 46.6 Å². The van der Waals surface area contributed by atoms with Crippen LogP contribution in [0, 0.1) is 13.8 Å². The largest absolute Gasteiger partial charge is 1.00 e. The minimum atomic E-state index is 0. The molecule has 3 aromatic rings. The molecule has 0 unspecified atom stereocenters. The summed E-state index contributed by atoms with van der Waals surface area (Å²) < 4.78 is 4.95. The van der Waals surface area contributed by atoms with Crippen molar-refractivity contribution in [2.45, 2.75) is 39.8 Å². The van der Waals surface area contributed by atoms with Crippen LogP contribution >= 0.6 is 0 Å². The van der Waals surface area contributed by atoms with Crippen molar-refractivity contribution in [1.82, 2.24) is 4.57 Å². The van der Waals surface area contributed by atoms with Gasteiger partial charge in [-0.25, -0.2) is 9.13 Å². The van der Waals surface area contributed by atoms with Gasteiger partial charge in [0.05, 0.1) is 13.0 Å². The van der Waals surface area contributed by atoms with Gasteiger partial charge in [0.2, 0.25) is 0 Å². The van der Waals surface area contributed by atoms with Crippen LogP contribution in [0.25, 0.3) is 11.3 Å². The summed E-state index contributed by atoms with van der Waals surface area (Å²) in [6, 6.07) is 17.6. The van der Waals surface area contributed by atoms with Gasteiger partial charge in [0, 0.05) is 5.56 Å². The maximum Gasteiger partial charge on any atom is 0.257 e. The first-order valence-corrected chi connectivity index (χ1v) is 8.46. The first-order valence-electron chi connectivity index (χ1n) is 8.46. The summed E-state index contributed by atoms with van der Waals surface area (Å²) >= 11 is 0. The summed E-state index contributed by atoms with van der Waals surface area (Å²) in [4.78, 5) is 0. The number of rotatable bonds is 3. The Bertz CT molecular complexity index is 847. The van der Waals surface area contributed by atoms with Crippen molar-refractivity contribution in [2.24, 2.45) is 0 Å². The molecule has 2 nitrogen and oxygen atoms in total. The van der Waals surface area contributed by atoms with E-state index in [1.807, 2.05) is 0 Å². The molecule has 0 N–H and O–H groups in total. The van der Waals surface area contributed by atoms with Crippen molar-refractivity contribution in [3.8, 4) is 11.3 Å². The van der Waals surface area contributed by atoms with Gasteiger partial charge >= 0.3 is 0 Å². The van der Waals surface area contributed by atoms with Crippen molar-refractivity contribution in [2.75, 3.05) is 0 Å². The zero-order valence-corrected chi connectivity index (χ0v) is 15.1. The Kier molecular flexibility index (Phi) is 4.77. The molecule has 0 radical (unpaired) electrons. The monoisotopic (exact) mass is 338 g/mol. The molecule has 0 spiro atoms. The molecule has 2 aromatic carbocycles. The van der Waals surface area contributed by atoms with E-state index >= 15 is 0 Å². The second kappa shape index (κ2) is 6.82. The highest BCUT2D eigenvalue weighted by Crippen LogP contribution is 2.25. The quantitative estimate of drug-likeness (QED) is 0.631. The molecule has 0 amide bonds. The van der Waals surface area contributed by atoms with Gasteiger partial charge in [-0.15, -0.1) is 0 Å². The van der Waals surface area contributed by atoms with Crippen LogP contribution in [0.3, 0.4) is 0 Å². The Hall–Kier alpha value is -2.06. The molecule has 124 valence electrons. The number of nitrogens with zero attached hydrogens (tertiary/aromatic N) is 2. The first kappa shape index (κ1) is 16.8. The van der Waals surface area contributed by atoms with Gasteiger partial charge in [0.15, 0.2) is 5.69 Å². The van der Waals surface area contributed by atoms with Crippen LogP contribution in [0.1, 0.15) is 28.9 Å². The minimum absolute atomic E-state index is 0. The van der Waals surface area contributed by atoms with E-state index in [9.17, 15) is 0 Å². The lowest BCUT2D eigenvalue weighted by Gasteiger charge is -2.03. The number of halogens is 1. The highest BCUT2D eigenvalue weighted by atomic mass is 35.5. The Labute approximate surface area is 150 Å². The molecule has 1 aromatic heterocycles. The molecule has 0 atom stereocenters. The van der Waals surface area contributed by atoms with E-state index < -0.39 is 0 Å². The Morgan fingerprint density at radius 2 is 1.75 bits per heavy atom. The molecule has 2 heterocycles. The second-order valence-corrected chi connectivity index (χ2v) is 6.61. The van der Waals surface area contributed by atoms with E-state index in [-0.39, 0.29) is 12.4 Å². The highest BCUT2D eigenvalue weighted by Gasteiger charge is 2.28. The summed E-state index contributed by atoms with van der Waals surface area (Å²) in [6.45, 7) is 6.45. The molecule has 0 saturated heterocycles. The van der Waals surface area contributed by atoms with E-state index in [2.05, 4.69) is 77.7 Å². The van der Waals surface area contributed by atoms with Gasteiger partial charge < -0.3 is 12.4 Å². The third-order valence-electron chi connectivity index (χ3n) is 4.94. The number of aryl methyl sites for hydroxylation is 2. The average molecular weight is 339 g/mol. The smallest absolute Gasteiger partial charge is 0.257 e. The summed E-state index contributed by atoms with van der Waals surface area (Å²) in [5.74, 6) is 1.46. The normalized spacial score (nSPS) is 12.8. The zero-order valence-electron chi connectivity index (χ0n) is 14.3. The lowest BCUT2D eigenvalue weighted by molar-refractivity contribution is -0.694. The predicted molar refractivity (Wildman–Crippen MR) is 93.4 cm³/mol. The van der Waals surface area contributed by atoms with Crippen molar-refractivity contribution in [3.63, 3.8) is 0 Å². The standard InChI is InChI=1S/C21H23N2.ClH/c1-16-9-11-18(12-10-16)20-15-22(21-8-5-13-23(20)21)14-19-7-4-3-6-17(19)2;/h3-4,6-7,9-12,15H,5,8,13-14H2,1-2H3;1H/q+1;/p-1. The van der Waals surface area contributed by atoms with Crippen molar-refractivity contribution in [3.05, 3.63) is 77.2 Å². The van der Waals surface area contributed by atoms with Crippen LogP contribution in [0.2, 0.25) is 0 Å². The summed E-state index contributed by atoms with van der Waals surface area (Å²) in [5.41, 5.74) is 6.77.